The highest BCUT2D eigenvalue weighted by Gasteiger charge is 1.92. The van der Waals surface area contributed by atoms with Crippen molar-refractivity contribution in [3.63, 3.8) is 0 Å². The Kier molecular flexibility index (Phi) is 3.77. The number of rotatable bonds is 3. The Morgan fingerprint density at radius 1 is 1.43 bits per heavy atom. The minimum Gasteiger partial charge on any atom is -0.0899 e. The van der Waals surface area contributed by atoms with Gasteiger partial charge in [-0.2, -0.15) is 0 Å². The van der Waals surface area contributed by atoms with Gasteiger partial charge in [0.05, 0.1) is 0 Å². The summed E-state index contributed by atoms with van der Waals surface area (Å²) in [5.41, 5.74) is 11.7. The molecule has 0 fully saturated rings. The average molecular weight is 187 g/mol. The molecule has 0 saturated carbocycles. The highest BCUT2D eigenvalue weighted by molar-refractivity contribution is 5.54. The summed E-state index contributed by atoms with van der Waals surface area (Å²) >= 11 is 0. The molecule has 0 atom stereocenters. The molecule has 1 aromatic rings. The fourth-order valence-corrected chi connectivity index (χ4v) is 1.28. The molecule has 72 valence electrons. The predicted octanol–water partition coefficient (Wildman–Crippen LogP) is 3.63. The molecule has 0 aromatic heterocycles. The molecule has 14 heavy (non-hydrogen) atoms. The third kappa shape index (κ3) is 2.96. The van der Waals surface area contributed by atoms with Gasteiger partial charge in [0, 0.05) is 11.5 Å². The number of benzene rings is 1. The lowest BCUT2D eigenvalue weighted by Gasteiger charge is -2.00. The molecular weight excluding hydrogens is 174 g/mol. The average Bonchev–Trinajstić information content (AvgIpc) is 2.15. The van der Waals surface area contributed by atoms with E-state index in [4.69, 9.17) is 5.53 Å². The fourth-order valence-electron chi connectivity index (χ4n) is 1.28. The van der Waals surface area contributed by atoms with Crippen molar-refractivity contribution in [3.8, 4) is 0 Å². The lowest BCUT2D eigenvalue weighted by molar-refractivity contribution is 1.22. The summed E-state index contributed by atoms with van der Waals surface area (Å²) in [4.78, 5) is 2.68. The highest BCUT2D eigenvalue weighted by Crippen LogP contribution is 2.11. The minimum absolute atomic E-state index is 0.407. The molecule has 0 aliphatic carbocycles. The summed E-state index contributed by atoms with van der Waals surface area (Å²) in [5, 5.41) is 3.43. The van der Waals surface area contributed by atoms with Gasteiger partial charge in [0.1, 0.15) is 0 Å². The van der Waals surface area contributed by atoms with Crippen molar-refractivity contribution < 1.29 is 0 Å². The van der Waals surface area contributed by atoms with Crippen LogP contribution in [0.4, 0.5) is 0 Å². The molecule has 0 unspecified atom stereocenters. The van der Waals surface area contributed by atoms with Crippen molar-refractivity contribution in [2.24, 2.45) is 5.11 Å². The summed E-state index contributed by atoms with van der Waals surface area (Å²) < 4.78 is 0. The highest BCUT2D eigenvalue weighted by atomic mass is 15.1. The van der Waals surface area contributed by atoms with Gasteiger partial charge in [-0.25, -0.2) is 0 Å². The zero-order valence-corrected chi connectivity index (χ0v) is 8.44. The van der Waals surface area contributed by atoms with E-state index in [2.05, 4.69) is 42.1 Å². The van der Waals surface area contributed by atoms with Crippen molar-refractivity contribution in [1.29, 1.82) is 0 Å². The molecule has 0 spiro atoms. The van der Waals surface area contributed by atoms with Gasteiger partial charge < -0.3 is 0 Å². The summed E-state index contributed by atoms with van der Waals surface area (Å²) in [6.45, 7) is 4.55. The van der Waals surface area contributed by atoms with Crippen LogP contribution in [0.3, 0.4) is 0 Å². The van der Waals surface area contributed by atoms with E-state index in [9.17, 15) is 0 Å². The van der Waals surface area contributed by atoms with Crippen molar-refractivity contribution in [3.05, 3.63) is 51.4 Å². The first-order chi connectivity index (χ1) is 6.74. The molecule has 0 aliphatic rings. The maximum atomic E-state index is 8.08. The minimum atomic E-state index is 0.407. The standard InChI is InChI=1S/C11H13N3/c1-9-5-6-11(10(2)8-9)4-3-7-13-14-12/h3-6,8H,7H2,1-2H3. The Labute approximate surface area is 83.7 Å². The van der Waals surface area contributed by atoms with Gasteiger partial charge in [0.15, 0.2) is 0 Å². The molecule has 0 heterocycles. The van der Waals surface area contributed by atoms with E-state index in [-0.39, 0.29) is 0 Å². The van der Waals surface area contributed by atoms with E-state index in [1.807, 2.05) is 12.2 Å². The molecule has 3 heteroatoms. The van der Waals surface area contributed by atoms with E-state index in [0.29, 0.717) is 6.54 Å². The van der Waals surface area contributed by atoms with Crippen LogP contribution in [0.25, 0.3) is 16.5 Å². The number of nitrogens with zero attached hydrogens (tertiary/aromatic N) is 3. The van der Waals surface area contributed by atoms with Gasteiger partial charge in [-0.05, 0) is 30.5 Å². The van der Waals surface area contributed by atoms with E-state index in [1.54, 1.807) is 0 Å². The first kappa shape index (κ1) is 10.4. The molecule has 0 bridgehead atoms. The summed E-state index contributed by atoms with van der Waals surface area (Å²) in [6, 6.07) is 6.27. The van der Waals surface area contributed by atoms with Crippen LogP contribution in [0.1, 0.15) is 16.7 Å². The Bertz CT molecular complexity index is 388. The second kappa shape index (κ2) is 5.10. The predicted molar refractivity (Wildman–Crippen MR) is 59.0 cm³/mol. The second-order valence-electron chi connectivity index (χ2n) is 3.18. The monoisotopic (exact) mass is 187 g/mol. The van der Waals surface area contributed by atoms with Crippen LogP contribution in [0.15, 0.2) is 29.4 Å². The SMILES string of the molecule is Cc1ccc(C=CCN=[N+]=[N-])c(C)c1. The van der Waals surface area contributed by atoms with Crippen LogP contribution in [-0.4, -0.2) is 6.54 Å². The molecule has 1 aromatic carbocycles. The first-order valence-electron chi connectivity index (χ1n) is 4.48. The smallest absolute Gasteiger partial charge is 0.0443 e. The van der Waals surface area contributed by atoms with Gasteiger partial charge in [-0.15, -0.1) is 0 Å². The topological polar surface area (TPSA) is 48.8 Å². The molecule has 0 aliphatic heterocycles. The number of aryl methyl sites for hydroxylation is 2. The molecule has 0 saturated heterocycles. The zero-order valence-electron chi connectivity index (χ0n) is 8.44. The van der Waals surface area contributed by atoms with Crippen LogP contribution in [0.2, 0.25) is 0 Å². The Balaban J connectivity index is 2.76. The number of hydrogen-bond acceptors (Lipinski definition) is 1. The summed E-state index contributed by atoms with van der Waals surface area (Å²) in [5.74, 6) is 0. The molecule has 0 N–H and O–H groups in total. The Morgan fingerprint density at radius 2 is 2.21 bits per heavy atom. The third-order valence-corrected chi connectivity index (χ3v) is 1.97. The number of azide groups is 1. The second-order valence-corrected chi connectivity index (χ2v) is 3.18. The van der Waals surface area contributed by atoms with Gasteiger partial charge >= 0.3 is 0 Å². The van der Waals surface area contributed by atoms with Crippen LogP contribution in [0.5, 0.6) is 0 Å². The molecule has 3 nitrogen and oxygen atoms in total. The van der Waals surface area contributed by atoms with Gasteiger partial charge in [-0.3, -0.25) is 0 Å². The van der Waals surface area contributed by atoms with E-state index in [0.717, 1.165) is 0 Å². The van der Waals surface area contributed by atoms with Crippen molar-refractivity contribution in [2.75, 3.05) is 6.54 Å². The van der Waals surface area contributed by atoms with E-state index in [1.165, 1.54) is 16.7 Å². The largest absolute Gasteiger partial charge is 0.0899 e. The van der Waals surface area contributed by atoms with Gasteiger partial charge in [0.2, 0.25) is 0 Å². The third-order valence-electron chi connectivity index (χ3n) is 1.97. The lowest BCUT2D eigenvalue weighted by atomic mass is 10.1. The van der Waals surface area contributed by atoms with Crippen molar-refractivity contribution in [2.45, 2.75) is 13.8 Å². The van der Waals surface area contributed by atoms with E-state index < -0.39 is 0 Å². The zero-order chi connectivity index (χ0) is 10.4. The van der Waals surface area contributed by atoms with Crippen LogP contribution < -0.4 is 0 Å². The van der Waals surface area contributed by atoms with Crippen molar-refractivity contribution in [1.82, 2.24) is 0 Å². The van der Waals surface area contributed by atoms with E-state index >= 15 is 0 Å². The molecule has 0 radical (unpaired) electrons. The maximum absolute atomic E-state index is 8.08. The van der Waals surface area contributed by atoms with Crippen LogP contribution in [-0.2, 0) is 0 Å². The Morgan fingerprint density at radius 3 is 2.86 bits per heavy atom. The van der Waals surface area contributed by atoms with Gasteiger partial charge in [0.25, 0.3) is 0 Å². The first-order valence-corrected chi connectivity index (χ1v) is 4.48. The molecular formula is C11H13N3. The number of hydrogen-bond donors (Lipinski definition) is 0. The molecule has 0 amide bonds. The maximum Gasteiger partial charge on any atom is 0.0443 e. The van der Waals surface area contributed by atoms with Crippen LogP contribution >= 0.6 is 0 Å². The Hall–Kier alpha value is -1.73. The van der Waals surface area contributed by atoms with Gasteiger partial charge in [-0.1, -0.05) is 41.0 Å². The normalized spacial score (nSPS) is 10.1. The fraction of sp³-hybridized carbons (Fsp3) is 0.273. The molecule has 1 rings (SSSR count). The quantitative estimate of drug-likeness (QED) is 0.394. The summed E-state index contributed by atoms with van der Waals surface area (Å²) in [7, 11) is 0. The van der Waals surface area contributed by atoms with Crippen LogP contribution in [0, 0.1) is 13.8 Å². The van der Waals surface area contributed by atoms with Crippen molar-refractivity contribution >= 4 is 6.08 Å². The summed E-state index contributed by atoms with van der Waals surface area (Å²) in [6.07, 6.45) is 3.83. The lowest BCUT2D eigenvalue weighted by Crippen LogP contribution is -1.82.